The van der Waals surface area contributed by atoms with Crippen molar-refractivity contribution in [2.45, 2.75) is 59.0 Å². The predicted molar refractivity (Wildman–Crippen MR) is 140 cm³/mol. The van der Waals surface area contributed by atoms with Gasteiger partial charge in [-0.25, -0.2) is 9.78 Å². The third kappa shape index (κ3) is 7.72. The molecular weight excluding hydrogens is 474 g/mol. The minimum atomic E-state index is -0.944. The molecule has 1 saturated carbocycles. The monoisotopic (exact) mass is 511 g/mol. The molecule has 0 saturated heterocycles. The Balaban J connectivity index is 0.00000186. The Morgan fingerprint density at radius 2 is 1.95 bits per heavy atom. The summed E-state index contributed by atoms with van der Waals surface area (Å²) in [4.78, 5) is 29.7. The summed E-state index contributed by atoms with van der Waals surface area (Å²) < 4.78 is 11.6. The summed E-state index contributed by atoms with van der Waals surface area (Å²) in [6.45, 7) is 6.39. The Morgan fingerprint density at radius 3 is 2.70 bits per heavy atom. The Hall–Kier alpha value is -3.53. The molecule has 3 unspecified atom stereocenters. The van der Waals surface area contributed by atoms with Crippen molar-refractivity contribution >= 4 is 22.9 Å². The minimum absolute atomic E-state index is 0.0389. The zero-order chi connectivity index (χ0) is 26.8. The van der Waals surface area contributed by atoms with Gasteiger partial charge in [-0.3, -0.25) is 4.79 Å². The van der Waals surface area contributed by atoms with Crippen molar-refractivity contribution in [1.82, 2.24) is 25.3 Å². The van der Waals surface area contributed by atoms with E-state index in [1.165, 1.54) is 4.80 Å². The number of aromatic nitrogens is 4. The van der Waals surface area contributed by atoms with Crippen molar-refractivity contribution < 1.29 is 24.2 Å². The van der Waals surface area contributed by atoms with E-state index in [1.807, 2.05) is 19.9 Å². The van der Waals surface area contributed by atoms with Crippen LogP contribution in [0, 0.1) is 11.8 Å². The maximum absolute atomic E-state index is 13.0. The molecule has 0 aliphatic heterocycles. The van der Waals surface area contributed by atoms with Gasteiger partial charge in [0.1, 0.15) is 29.0 Å². The third-order valence-electron chi connectivity index (χ3n) is 6.34. The highest BCUT2D eigenvalue weighted by Crippen LogP contribution is 2.34. The van der Waals surface area contributed by atoms with Gasteiger partial charge in [0.25, 0.3) is 5.91 Å². The van der Waals surface area contributed by atoms with Gasteiger partial charge in [-0.2, -0.15) is 15.0 Å². The summed E-state index contributed by atoms with van der Waals surface area (Å²) in [5.41, 5.74) is 1.80. The lowest BCUT2D eigenvalue weighted by molar-refractivity contribution is -0.146. The highest BCUT2D eigenvalue weighted by Gasteiger charge is 2.31. The molecule has 1 aliphatic carbocycles. The number of nitrogens with one attached hydrogen (secondary N) is 1. The highest BCUT2D eigenvalue weighted by atomic mass is 16.5. The Bertz CT molecular complexity index is 1180. The predicted octanol–water partition coefficient (Wildman–Crippen LogP) is 4.60. The van der Waals surface area contributed by atoms with Crippen LogP contribution in [0.2, 0.25) is 0 Å². The van der Waals surface area contributed by atoms with E-state index in [4.69, 9.17) is 14.6 Å². The van der Waals surface area contributed by atoms with Crippen LogP contribution in [0.15, 0.2) is 36.5 Å². The molecule has 2 aromatic heterocycles. The lowest BCUT2D eigenvalue weighted by atomic mass is 9.77. The molecule has 10 heteroatoms. The molecule has 2 N–H and O–H groups in total. The van der Waals surface area contributed by atoms with E-state index in [9.17, 15) is 9.59 Å². The van der Waals surface area contributed by atoms with Gasteiger partial charge in [0.15, 0.2) is 0 Å². The van der Waals surface area contributed by atoms with Crippen LogP contribution < -0.4 is 10.1 Å². The first-order valence-corrected chi connectivity index (χ1v) is 13.0. The Morgan fingerprint density at radius 1 is 1.16 bits per heavy atom. The second-order valence-corrected chi connectivity index (χ2v) is 8.98. The zero-order valence-corrected chi connectivity index (χ0v) is 22.0. The topological polar surface area (TPSA) is 128 Å². The fourth-order valence-electron chi connectivity index (χ4n) is 4.75. The SMILES string of the molecule is CC.CCCC1CC(CNC(=O)c2cccnc2Oc2ccc3nn(C)nc3c2)CCC1OCC(=O)O. The number of nitrogens with zero attached hydrogens (tertiary/aromatic N) is 4. The number of aliphatic carboxylic acids is 1. The number of carboxylic acid groups (broad SMARTS) is 1. The maximum atomic E-state index is 13.0. The number of carbonyl (C=O) groups is 2. The molecule has 2 heterocycles. The number of ether oxygens (including phenoxy) is 2. The van der Waals surface area contributed by atoms with Gasteiger partial charge >= 0.3 is 5.97 Å². The van der Waals surface area contributed by atoms with Crippen molar-refractivity contribution in [3.63, 3.8) is 0 Å². The van der Waals surface area contributed by atoms with E-state index in [2.05, 4.69) is 27.4 Å². The van der Waals surface area contributed by atoms with Gasteiger partial charge in [-0.05, 0) is 61.8 Å². The number of hydrogen-bond donors (Lipinski definition) is 2. The normalized spacial score (nSPS) is 19.1. The van der Waals surface area contributed by atoms with E-state index in [1.54, 1.807) is 37.5 Å². The summed E-state index contributed by atoms with van der Waals surface area (Å²) >= 11 is 0. The maximum Gasteiger partial charge on any atom is 0.329 e. The Kier molecular flexibility index (Phi) is 10.4. The van der Waals surface area contributed by atoms with Crippen molar-refractivity contribution in [2.75, 3.05) is 13.2 Å². The number of carboxylic acids is 1. The van der Waals surface area contributed by atoms with Gasteiger partial charge in [-0.1, -0.05) is 27.2 Å². The number of hydrogen-bond acceptors (Lipinski definition) is 7. The van der Waals surface area contributed by atoms with Crippen LogP contribution in [0.1, 0.15) is 63.2 Å². The number of rotatable bonds is 10. The van der Waals surface area contributed by atoms with Gasteiger partial charge in [0, 0.05) is 25.9 Å². The molecule has 1 aromatic carbocycles. The standard InChI is InChI=1S/C25H31N5O5.C2H6/c1-3-5-17-12-16(7-10-22(17)34-15-23(31)32)14-27-24(33)19-6-4-11-26-25(19)35-18-8-9-20-21(13-18)29-30(2)28-20;1-2/h4,6,8-9,11,13,16-17,22H,3,5,7,10,12,14-15H2,1-2H3,(H,27,33)(H,31,32);1-2H3. The molecule has 1 fully saturated rings. The molecule has 4 rings (SSSR count). The van der Waals surface area contributed by atoms with Crippen LogP contribution in [0.3, 0.4) is 0 Å². The van der Waals surface area contributed by atoms with Gasteiger partial charge in [-0.15, -0.1) is 0 Å². The van der Waals surface area contributed by atoms with Gasteiger partial charge in [0.05, 0.1) is 6.10 Å². The van der Waals surface area contributed by atoms with Crippen LogP contribution in [0.25, 0.3) is 11.0 Å². The van der Waals surface area contributed by atoms with Crippen LogP contribution in [0.5, 0.6) is 11.6 Å². The van der Waals surface area contributed by atoms with Gasteiger partial charge < -0.3 is 19.9 Å². The molecule has 37 heavy (non-hydrogen) atoms. The number of amides is 1. The van der Waals surface area contributed by atoms with Crippen LogP contribution in [0.4, 0.5) is 0 Å². The molecule has 3 atom stereocenters. The molecule has 10 nitrogen and oxygen atoms in total. The zero-order valence-electron chi connectivity index (χ0n) is 22.0. The first kappa shape index (κ1) is 28.0. The highest BCUT2D eigenvalue weighted by molar-refractivity contribution is 5.96. The van der Waals surface area contributed by atoms with Crippen molar-refractivity contribution in [2.24, 2.45) is 18.9 Å². The fourth-order valence-corrected chi connectivity index (χ4v) is 4.75. The van der Waals surface area contributed by atoms with Crippen molar-refractivity contribution in [3.05, 3.63) is 42.1 Å². The summed E-state index contributed by atoms with van der Waals surface area (Å²) in [5, 5.41) is 20.5. The van der Waals surface area contributed by atoms with E-state index < -0.39 is 5.97 Å². The van der Waals surface area contributed by atoms with Crippen molar-refractivity contribution in [1.29, 1.82) is 0 Å². The van der Waals surface area contributed by atoms with Crippen LogP contribution >= 0.6 is 0 Å². The van der Waals surface area contributed by atoms with E-state index in [-0.39, 0.29) is 24.5 Å². The summed E-state index contributed by atoms with van der Waals surface area (Å²) in [7, 11) is 1.75. The number of fused-ring (bicyclic) bond motifs is 1. The molecule has 0 bridgehead atoms. The summed E-state index contributed by atoms with van der Waals surface area (Å²) in [6.07, 6.45) is 6.10. The number of aryl methyl sites for hydroxylation is 1. The van der Waals surface area contributed by atoms with Crippen LogP contribution in [-0.2, 0) is 16.6 Å². The first-order valence-electron chi connectivity index (χ1n) is 13.0. The second-order valence-electron chi connectivity index (χ2n) is 8.98. The van der Waals surface area contributed by atoms with Crippen molar-refractivity contribution in [3.8, 4) is 11.6 Å². The van der Waals surface area contributed by atoms with E-state index >= 15 is 0 Å². The molecule has 200 valence electrons. The first-order chi connectivity index (χ1) is 17.9. The quantitative estimate of drug-likeness (QED) is 0.404. The third-order valence-corrected chi connectivity index (χ3v) is 6.34. The number of pyridine rings is 1. The lowest BCUT2D eigenvalue weighted by Crippen LogP contribution is -2.38. The minimum Gasteiger partial charge on any atom is -0.480 e. The van der Waals surface area contributed by atoms with E-state index in [0.717, 1.165) is 37.6 Å². The lowest BCUT2D eigenvalue weighted by Gasteiger charge is -2.36. The average molecular weight is 512 g/mol. The molecule has 1 aliphatic rings. The summed E-state index contributed by atoms with van der Waals surface area (Å²) in [6, 6.07) is 8.73. The van der Waals surface area contributed by atoms with Crippen LogP contribution in [-0.4, -0.2) is 56.2 Å². The van der Waals surface area contributed by atoms with Gasteiger partial charge in [0.2, 0.25) is 5.88 Å². The second kappa shape index (κ2) is 13.7. The fraction of sp³-hybridized carbons (Fsp3) is 0.519. The van der Waals surface area contributed by atoms with E-state index in [0.29, 0.717) is 35.2 Å². The molecular formula is C27H37N5O5. The smallest absolute Gasteiger partial charge is 0.329 e. The summed E-state index contributed by atoms with van der Waals surface area (Å²) in [5.74, 6) is 0.157. The number of benzene rings is 1. The average Bonchev–Trinajstić information content (AvgIpc) is 3.27. The molecule has 0 spiro atoms. The Labute approximate surface area is 217 Å². The molecule has 1 amide bonds. The largest absolute Gasteiger partial charge is 0.480 e. The molecule has 3 aromatic rings. The number of carbonyl (C=O) groups excluding carboxylic acids is 1. The molecule has 0 radical (unpaired) electrons.